The van der Waals surface area contributed by atoms with Crippen LogP contribution in [0.15, 0.2) is 48.5 Å². The maximum Gasteiger partial charge on any atom is 0.255 e. The van der Waals surface area contributed by atoms with E-state index in [1.807, 2.05) is 6.26 Å². The van der Waals surface area contributed by atoms with Gasteiger partial charge < -0.3 is 15.4 Å². The third-order valence-electron chi connectivity index (χ3n) is 4.04. The SMILES string of the molecule is COc1ccccc1C(=O)NC(CCSC)C(=O)Nc1ccc(NS(C)(=O)=O)cc1. The van der Waals surface area contributed by atoms with Crippen LogP contribution in [0.1, 0.15) is 16.8 Å². The van der Waals surface area contributed by atoms with Gasteiger partial charge in [0.05, 0.1) is 18.9 Å². The van der Waals surface area contributed by atoms with Crippen molar-refractivity contribution in [2.24, 2.45) is 0 Å². The second-order valence-electron chi connectivity index (χ2n) is 6.45. The molecule has 2 aromatic rings. The number of sulfonamides is 1. The molecule has 1 unspecified atom stereocenters. The molecule has 30 heavy (non-hydrogen) atoms. The minimum Gasteiger partial charge on any atom is -0.496 e. The summed E-state index contributed by atoms with van der Waals surface area (Å²) in [5.41, 5.74) is 1.22. The lowest BCUT2D eigenvalue weighted by molar-refractivity contribution is -0.118. The number of benzene rings is 2. The van der Waals surface area contributed by atoms with Crippen LogP contribution in [0.5, 0.6) is 5.75 Å². The van der Waals surface area contributed by atoms with Gasteiger partial charge in [0.1, 0.15) is 11.8 Å². The summed E-state index contributed by atoms with van der Waals surface area (Å²) in [6.07, 6.45) is 3.43. The number of thioether (sulfide) groups is 1. The number of ether oxygens (including phenoxy) is 1. The summed E-state index contributed by atoms with van der Waals surface area (Å²) in [6.45, 7) is 0. The van der Waals surface area contributed by atoms with Crippen LogP contribution in [-0.4, -0.2) is 51.6 Å². The monoisotopic (exact) mass is 451 g/mol. The fraction of sp³-hybridized carbons (Fsp3) is 0.300. The second kappa shape index (κ2) is 10.9. The topological polar surface area (TPSA) is 114 Å². The minimum atomic E-state index is -3.38. The molecule has 0 fully saturated rings. The molecule has 8 nitrogen and oxygen atoms in total. The van der Waals surface area contributed by atoms with Crippen LogP contribution in [0, 0.1) is 0 Å². The molecule has 0 saturated heterocycles. The predicted octanol–water partition coefficient (Wildman–Crippen LogP) is 2.56. The number of carbonyl (C=O) groups excluding carboxylic acids is 2. The van der Waals surface area contributed by atoms with Gasteiger partial charge >= 0.3 is 0 Å². The summed E-state index contributed by atoms with van der Waals surface area (Å²) in [5.74, 6) is 0.340. The molecule has 2 aromatic carbocycles. The molecular weight excluding hydrogens is 426 g/mol. The molecule has 0 aromatic heterocycles. The van der Waals surface area contributed by atoms with Crippen molar-refractivity contribution in [3.63, 3.8) is 0 Å². The third-order valence-corrected chi connectivity index (χ3v) is 5.29. The molecule has 0 aliphatic heterocycles. The Morgan fingerprint density at radius 3 is 2.30 bits per heavy atom. The van der Waals surface area contributed by atoms with E-state index in [0.717, 1.165) is 6.26 Å². The standard InChI is InChI=1S/C20H25N3O5S2/c1-28-18-7-5-4-6-16(18)19(24)22-17(12-13-29-2)20(25)21-14-8-10-15(11-9-14)23-30(3,26)27/h4-11,17,23H,12-13H2,1-3H3,(H,21,25)(H,22,24). The lowest BCUT2D eigenvalue weighted by Crippen LogP contribution is -2.44. The maximum atomic E-state index is 12.8. The molecule has 2 amide bonds. The Morgan fingerprint density at radius 1 is 1.07 bits per heavy atom. The number of hydrogen-bond acceptors (Lipinski definition) is 6. The van der Waals surface area contributed by atoms with Crippen molar-refractivity contribution in [3.8, 4) is 5.75 Å². The number of para-hydroxylation sites is 1. The van der Waals surface area contributed by atoms with E-state index < -0.39 is 22.0 Å². The van der Waals surface area contributed by atoms with E-state index in [-0.39, 0.29) is 5.91 Å². The molecule has 0 aliphatic carbocycles. The van der Waals surface area contributed by atoms with E-state index in [1.54, 1.807) is 60.3 Å². The van der Waals surface area contributed by atoms with E-state index in [1.165, 1.54) is 7.11 Å². The van der Waals surface area contributed by atoms with E-state index in [2.05, 4.69) is 15.4 Å². The summed E-state index contributed by atoms with van der Waals surface area (Å²) < 4.78 is 30.1. The molecule has 3 N–H and O–H groups in total. The van der Waals surface area contributed by atoms with Crippen LogP contribution in [0.3, 0.4) is 0 Å². The van der Waals surface area contributed by atoms with Crippen molar-refractivity contribution in [1.82, 2.24) is 5.32 Å². The lowest BCUT2D eigenvalue weighted by Gasteiger charge is -2.19. The Labute approximate surface area is 180 Å². The first-order valence-electron chi connectivity index (χ1n) is 9.05. The van der Waals surface area contributed by atoms with Crippen molar-refractivity contribution in [3.05, 3.63) is 54.1 Å². The van der Waals surface area contributed by atoms with Crippen molar-refractivity contribution in [2.75, 3.05) is 35.4 Å². The van der Waals surface area contributed by atoms with E-state index in [9.17, 15) is 18.0 Å². The number of carbonyl (C=O) groups is 2. The molecule has 0 saturated carbocycles. The van der Waals surface area contributed by atoms with Crippen molar-refractivity contribution in [2.45, 2.75) is 12.5 Å². The summed E-state index contributed by atoms with van der Waals surface area (Å²) in [4.78, 5) is 25.5. The van der Waals surface area contributed by atoms with Crippen molar-refractivity contribution < 1.29 is 22.7 Å². The average Bonchev–Trinajstić information content (AvgIpc) is 2.71. The van der Waals surface area contributed by atoms with Gasteiger partial charge in [-0.25, -0.2) is 8.42 Å². The predicted molar refractivity (Wildman–Crippen MR) is 121 cm³/mol. The minimum absolute atomic E-state index is 0.346. The van der Waals surface area contributed by atoms with Crippen LogP contribution in [-0.2, 0) is 14.8 Å². The summed E-state index contributed by atoms with van der Waals surface area (Å²) in [7, 11) is -1.90. The van der Waals surface area contributed by atoms with Crippen molar-refractivity contribution in [1.29, 1.82) is 0 Å². The molecule has 1 atom stereocenters. The summed E-state index contributed by atoms with van der Waals surface area (Å²) in [5, 5.41) is 5.52. The van der Waals surface area contributed by atoms with Gasteiger partial charge in [-0.3, -0.25) is 14.3 Å². The largest absolute Gasteiger partial charge is 0.496 e. The van der Waals surface area contributed by atoms with Crippen LogP contribution < -0.4 is 20.1 Å². The fourth-order valence-corrected chi connectivity index (χ4v) is 3.67. The summed E-state index contributed by atoms with van der Waals surface area (Å²) >= 11 is 1.57. The number of nitrogens with one attached hydrogen (secondary N) is 3. The van der Waals surface area contributed by atoms with Gasteiger partial charge in [0.2, 0.25) is 15.9 Å². The van der Waals surface area contributed by atoms with Crippen LogP contribution in [0.2, 0.25) is 0 Å². The molecule has 0 aliphatic rings. The van der Waals surface area contributed by atoms with Gasteiger partial charge in [-0.15, -0.1) is 0 Å². The van der Waals surface area contributed by atoms with Gasteiger partial charge in [-0.2, -0.15) is 11.8 Å². The highest BCUT2D eigenvalue weighted by Gasteiger charge is 2.22. The van der Waals surface area contributed by atoms with Crippen LogP contribution in [0.4, 0.5) is 11.4 Å². The lowest BCUT2D eigenvalue weighted by atomic mass is 10.1. The highest BCUT2D eigenvalue weighted by Crippen LogP contribution is 2.18. The maximum absolute atomic E-state index is 12.8. The molecule has 2 rings (SSSR count). The van der Waals surface area contributed by atoms with E-state index in [4.69, 9.17) is 4.74 Å². The Bertz CT molecular complexity index is 978. The third kappa shape index (κ3) is 7.27. The van der Waals surface area contributed by atoms with Gasteiger partial charge in [0.15, 0.2) is 0 Å². The number of methoxy groups -OCH3 is 1. The van der Waals surface area contributed by atoms with Gasteiger partial charge in [-0.05, 0) is 54.8 Å². The first-order valence-corrected chi connectivity index (χ1v) is 12.3. The molecule has 0 spiro atoms. The quantitative estimate of drug-likeness (QED) is 0.512. The number of anilines is 2. The Kier molecular flexibility index (Phi) is 8.55. The molecule has 162 valence electrons. The van der Waals surface area contributed by atoms with Crippen molar-refractivity contribution >= 4 is 45.0 Å². The Hall–Kier alpha value is -2.72. The normalized spacial score (nSPS) is 12.0. The highest BCUT2D eigenvalue weighted by atomic mass is 32.2. The number of rotatable bonds is 10. The zero-order chi connectivity index (χ0) is 22.1. The highest BCUT2D eigenvalue weighted by molar-refractivity contribution is 7.98. The average molecular weight is 452 g/mol. The second-order valence-corrected chi connectivity index (χ2v) is 9.18. The van der Waals surface area contributed by atoms with E-state index in [0.29, 0.717) is 34.9 Å². The number of hydrogen-bond donors (Lipinski definition) is 3. The Balaban J connectivity index is 2.10. The first-order chi connectivity index (χ1) is 14.2. The molecule has 10 heteroatoms. The molecule has 0 radical (unpaired) electrons. The first kappa shape index (κ1) is 23.6. The molecular formula is C20H25N3O5S2. The van der Waals surface area contributed by atoms with Gasteiger partial charge in [0.25, 0.3) is 5.91 Å². The van der Waals surface area contributed by atoms with Gasteiger partial charge in [0, 0.05) is 11.4 Å². The van der Waals surface area contributed by atoms with Gasteiger partial charge in [-0.1, -0.05) is 12.1 Å². The summed E-state index contributed by atoms with van der Waals surface area (Å²) in [6, 6.07) is 12.3. The number of amides is 2. The van der Waals surface area contributed by atoms with E-state index >= 15 is 0 Å². The smallest absolute Gasteiger partial charge is 0.255 e. The molecule has 0 heterocycles. The Morgan fingerprint density at radius 2 is 1.70 bits per heavy atom. The fourth-order valence-electron chi connectivity index (χ4n) is 2.64. The zero-order valence-corrected chi connectivity index (χ0v) is 18.6. The van der Waals surface area contributed by atoms with Crippen LogP contribution >= 0.6 is 11.8 Å². The zero-order valence-electron chi connectivity index (χ0n) is 17.0. The molecule has 0 bridgehead atoms. The van der Waals surface area contributed by atoms with Crippen LogP contribution in [0.25, 0.3) is 0 Å².